The van der Waals surface area contributed by atoms with E-state index >= 15 is 0 Å². The number of rotatable bonds is 2. The molecule has 0 radical (unpaired) electrons. The largest absolute Gasteiger partial charge is 0.481 e. The van der Waals surface area contributed by atoms with Gasteiger partial charge in [-0.25, -0.2) is 0 Å². The van der Waals surface area contributed by atoms with E-state index in [1.54, 1.807) is 6.26 Å². The third-order valence-corrected chi connectivity index (χ3v) is 4.13. The monoisotopic (exact) mass is 244 g/mol. The molecule has 3 nitrogen and oxygen atoms in total. The fourth-order valence-electron chi connectivity index (χ4n) is 3.17. The Morgan fingerprint density at radius 3 is 2.67 bits per heavy atom. The Morgan fingerprint density at radius 2 is 1.94 bits per heavy atom. The molecule has 1 fully saturated rings. The zero-order chi connectivity index (χ0) is 12.6. The summed E-state index contributed by atoms with van der Waals surface area (Å²) in [5.74, 6) is -0.698. The lowest BCUT2D eigenvalue weighted by molar-refractivity contribution is -0.145. The van der Waals surface area contributed by atoms with Gasteiger partial charge in [0.2, 0.25) is 0 Å². The van der Waals surface area contributed by atoms with Gasteiger partial charge >= 0.3 is 5.97 Å². The van der Waals surface area contributed by atoms with E-state index in [4.69, 9.17) is 4.42 Å². The Morgan fingerprint density at radius 1 is 1.17 bits per heavy atom. The van der Waals surface area contributed by atoms with E-state index in [1.165, 1.54) is 0 Å². The number of fused-ring (bicyclic) bond motifs is 1. The van der Waals surface area contributed by atoms with E-state index in [-0.39, 0.29) is 0 Å². The molecule has 1 heterocycles. The van der Waals surface area contributed by atoms with Crippen LogP contribution < -0.4 is 0 Å². The second-order valence-electron chi connectivity index (χ2n) is 5.09. The highest BCUT2D eigenvalue weighted by Gasteiger charge is 2.42. The fourth-order valence-corrected chi connectivity index (χ4v) is 3.17. The maximum absolute atomic E-state index is 11.8. The van der Waals surface area contributed by atoms with Gasteiger partial charge in [-0.2, -0.15) is 0 Å². The summed E-state index contributed by atoms with van der Waals surface area (Å²) in [4.78, 5) is 11.8. The number of aliphatic carboxylic acids is 1. The Bertz CT molecular complexity index is 576. The van der Waals surface area contributed by atoms with Crippen LogP contribution >= 0.6 is 0 Å². The first-order chi connectivity index (χ1) is 8.74. The van der Waals surface area contributed by atoms with Gasteiger partial charge in [0.05, 0.1) is 11.7 Å². The third kappa shape index (κ3) is 1.54. The highest BCUT2D eigenvalue weighted by atomic mass is 16.4. The quantitative estimate of drug-likeness (QED) is 0.875. The van der Waals surface area contributed by atoms with Crippen LogP contribution in [0.3, 0.4) is 0 Å². The Hall–Kier alpha value is -1.77. The average molecular weight is 244 g/mol. The van der Waals surface area contributed by atoms with Crippen LogP contribution in [0.4, 0.5) is 0 Å². The van der Waals surface area contributed by atoms with Gasteiger partial charge in [0.25, 0.3) is 0 Å². The van der Waals surface area contributed by atoms with Crippen molar-refractivity contribution < 1.29 is 14.3 Å². The van der Waals surface area contributed by atoms with E-state index in [9.17, 15) is 9.90 Å². The average Bonchev–Trinajstić information content (AvgIpc) is 2.87. The molecule has 0 saturated heterocycles. The molecule has 0 aliphatic heterocycles. The molecular formula is C15H16O3. The van der Waals surface area contributed by atoms with Crippen molar-refractivity contribution in [3.05, 3.63) is 36.1 Å². The van der Waals surface area contributed by atoms with Crippen molar-refractivity contribution in [3.8, 4) is 0 Å². The molecule has 3 heteroatoms. The van der Waals surface area contributed by atoms with Crippen LogP contribution in [-0.4, -0.2) is 11.1 Å². The number of carboxylic acid groups (broad SMARTS) is 1. The molecule has 1 aromatic heterocycles. The van der Waals surface area contributed by atoms with Gasteiger partial charge < -0.3 is 9.52 Å². The molecule has 1 aliphatic rings. The first-order valence-corrected chi connectivity index (χ1v) is 6.44. The summed E-state index contributed by atoms with van der Waals surface area (Å²) < 4.78 is 5.38. The van der Waals surface area contributed by atoms with Gasteiger partial charge in [-0.3, -0.25) is 4.79 Å². The summed E-state index contributed by atoms with van der Waals surface area (Å²) in [6.45, 7) is 0. The minimum Gasteiger partial charge on any atom is -0.481 e. The predicted molar refractivity (Wildman–Crippen MR) is 68.6 cm³/mol. The molecular weight excluding hydrogens is 228 g/mol. The number of benzene rings is 1. The van der Waals surface area contributed by atoms with Crippen molar-refractivity contribution >= 4 is 16.9 Å². The number of hydrogen-bond donors (Lipinski definition) is 1. The topological polar surface area (TPSA) is 50.4 Å². The molecule has 1 saturated carbocycles. The number of hydrogen-bond acceptors (Lipinski definition) is 2. The van der Waals surface area contributed by atoms with Gasteiger partial charge in [-0.15, -0.1) is 0 Å². The molecule has 0 bridgehead atoms. The first kappa shape index (κ1) is 11.3. The van der Waals surface area contributed by atoms with Gasteiger partial charge in [0.1, 0.15) is 5.58 Å². The Kier molecular flexibility index (Phi) is 2.62. The fraction of sp³-hybridized carbons (Fsp3) is 0.400. The van der Waals surface area contributed by atoms with E-state index < -0.39 is 11.4 Å². The molecule has 94 valence electrons. The summed E-state index contributed by atoms with van der Waals surface area (Å²) >= 11 is 0. The molecule has 0 atom stereocenters. The second-order valence-corrected chi connectivity index (χ2v) is 5.09. The number of furan rings is 1. The predicted octanol–water partition coefficient (Wildman–Crippen LogP) is 3.72. The summed E-state index contributed by atoms with van der Waals surface area (Å²) in [6.07, 6.45) is 6.20. The lowest BCUT2D eigenvalue weighted by Gasteiger charge is -2.34. The van der Waals surface area contributed by atoms with Crippen LogP contribution in [0.25, 0.3) is 11.0 Å². The van der Waals surface area contributed by atoms with E-state index in [2.05, 4.69) is 0 Å². The molecule has 1 N–H and O–H groups in total. The minimum absolute atomic E-state index is 0.698. The van der Waals surface area contributed by atoms with Crippen molar-refractivity contribution in [1.29, 1.82) is 0 Å². The van der Waals surface area contributed by atoms with Crippen molar-refractivity contribution in [2.45, 2.75) is 37.5 Å². The molecule has 0 unspecified atom stereocenters. The smallest absolute Gasteiger partial charge is 0.314 e. The summed E-state index contributed by atoms with van der Waals surface area (Å²) in [5.41, 5.74) is 0.974. The zero-order valence-corrected chi connectivity index (χ0v) is 10.2. The van der Waals surface area contributed by atoms with E-state index in [1.807, 2.05) is 24.3 Å². The van der Waals surface area contributed by atoms with Crippen molar-refractivity contribution in [2.24, 2.45) is 0 Å². The minimum atomic E-state index is -0.721. The third-order valence-electron chi connectivity index (χ3n) is 4.13. The Labute approximate surface area is 105 Å². The van der Waals surface area contributed by atoms with Crippen LogP contribution in [0.2, 0.25) is 0 Å². The maximum atomic E-state index is 11.8. The van der Waals surface area contributed by atoms with Crippen molar-refractivity contribution in [1.82, 2.24) is 0 Å². The molecule has 0 spiro atoms. The molecule has 18 heavy (non-hydrogen) atoms. The van der Waals surface area contributed by atoms with Crippen LogP contribution in [-0.2, 0) is 10.2 Å². The maximum Gasteiger partial charge on any atom is 0.314 e. The lowest BCUT2D eigenvalue weighted by atomic mass is 9.68. The first-order valence-electron chi connectivity index (χ1n) is 6.44. The van der Waals surface area contributed by atoms with Crippen molar-refractivity contribution in [3.63, 3.8) is 0 Å². The van der Waals surface area contributed by atoms with Crippen LogP contribution in [0.5, 0.6) is 0 Å². The number of carboxylic acids is 1. The van der Waals surface area contributed by atoms with E-state index in [0.717, 1.165) is 48.6 Å². The molecule has 1 aliphatic carbocycles. The number of carbonyl (C=O) groups is 1. The van der Waals surface area contributed by atoms with Gasteiger partial charge in [0.15, 0.2) is 0 Å². The summed E-state index contributed by atoms with van der Waals surface area (Å²) in [7, 11) is 0. The van der Waals surface area contributed by atoms with Crippen LogP contribution in [0, 0.1) is 0 Å². The van der Waals surface area contributed by atoms with Gasteiger partial charge in [0, 0.05) is 5.39 Å². The second kappa shape index (κ2) is 4.16. The Balaban J connectivity index is 2.20. The molecule has 3 rings (SSSR count). The molecule has 1 aromatic carbocycles. The molecule has 0 amide bonds. The van der Waals surface area contributed by atoms with Gasteiger partial charge in [-0.05, 0) is 30.5 Å². The van der Waals surface area contributed by atoms with Crippen LogP contribution in [0.1, 0.15) is 37.7 Å². The highest BCUT2D eigenvalue weighted by molar-refractivity contribution is 5.91. The van der Waals surface area contributed by atoms with E-state index in [0.29, 0.717) is 0 Å². The van der Waals surface area contributed by atoms with Gasteiger partial charge in [-0.1, -0.05) is 31.4 Å². The SMILES string of the molecule is O=C(O)C1(c2cccc3occc23)CCCCC1. The zero-order valence-electron chi connectivity index (χ0n) is 10.2. The standard InChI is InChI=1S/C15H16O3/c16-14(17)15(8-2-1-3-9-15)12-5-4-6-13-11(12)7-10-18-13/h4-7,10H,1-3,8-9H2,(H,16,17). The normalized spacial score (nSPS) is 18.9. The highest BCUT2D eigenvalue weighted by Crippen LogP contribution is 2.42. The van der Waals surface area contributed by atoms with Crippen LogP contribution in [0.15, 0.2) is 34.9 Å². The molecule has 2 aromatic rings. The summed E-state index contributed by atoms with van der Waals surface area (Å²) in [5, 5.41) is 10.7. The lowest BCUT2D eigenvalue weighted by Crippen LogP contribution is -2.37. The van der Waals surface area contributed by atoms with Crippen molar-refractivity contribution in [2.75, 3.05) is 0 Å². The summed E-state index contributed by atoms with van der Waals surface area (Å²) in [6, 6.07) is 7.60.